The van der Waals surface area contributed by atoms with Gasteiger partial charge in [-0.05, 0) is 116 Å². The van der Waals surface area contributed by atoms with E-state index in [-0.39, 0.29) is 204 Å². The van der Waals surface area contributed by atoms with Crippen LogP contribution in [0.5, 0.6) is 0 Å². The van der Waals surface area contributed by atoms with E-state index in [9.17, 15) is 9.59 Å². The molecule has 2 saturated heterocycles. The fraction of sp³-hybridized carbons (Fsp3) is 0.944. The minimum Gasteiger partial charge on any atom is 0 e. The van der Waals surface area contributed by atoms with Crippen LogP contribution in [0.2, 0.25) is 0 Å². The van der Waals surface area contributed by atoms with Gasteiger partial charge < -0.3 is 59.6 Å². The van der Waals surface area contributed by atoms with E-state index < -0.39 is 28.7 Å². The fourth-order valence-electron chi connectivity index (χ4n) is 5.48. The van der Waals surface area contributed by atoms with Crippen LogP contribution in [-0.4, -0.2) is 158 Å². The first-order valence-electron chi connectivity index (χ1n) is 25.7. The van der Waals surface area contributed by atoms with E-state index in [0.717, 1.165) is 39.1 Å². The number of aliphatic hydroxyl groups excluding tert-OH is 2. The smallest absolute Gasteiger partial charge is 0 e. The fourth-order valence-corrected chi connectivity index (χ4v) is 5.48. The molecule has 0 aromatic heterocycles. The summed E-state index contributed by atoms with van der Waals surface area (Å²) in [4.78, 5) is 31.7. The number of aliphatic imine (C=N–C) groups is 1. The molecule has 0 spiro atoms. The maximum Gasteiger partial charge on any atom is 0 e. The molecule has 3 heterocycles. The first-order valence-corrected chi connectivity index (χ1v) is 34.7. The largest absolute Gasteiger partial charge is 0 e. The second-order valence-corrected chi connectivity index (χ2v) is 28.9. The number of hydrogen-bond acceptors (Lipinski definition) is 15. The molecule has 0 aromatic rings. The van der Waals surface area contributed by atoms with Crippen LogP contribution in [0.1, 0.15) is 221 Å². The molecule has 4 radical (unpaired) electrons. The van der Waals surface area contributed by atoms with E-state index in [4.69, 9.17) is 59.6 Å². The number of amidine groups is 1. The minimum absolute atomic E-state index is 0. The van der Waals surface area contributed by atoms with Crippen LogP contribution in [0.4, 0.5) is 9.59 Å². The molecule has 0 bridgehead atoms. The van der Waals surface area contributed by atoms with Crippen molar-refractivity contribution in [3.05, 3.63) is 0 Å². The Balaban J connectivity index is -0.0000000478. The molecule has 3 rings (SSSR count). The van der Waals surface area contributed by atoms with Crippen molar-refractivity contribution in [1.82, 2.24) is 9.80 Å². The molecule has 0 unspecified atom stereocenters. The van der Waals surface area contributed by atoms with Crippen molar-refractivity contribution in [2.75, 3.05) is 72.7 Å². The van der Waals surface area contributed by atoms with Gasteiger partial charge in [-0.3, -0.25) is 9.80 Å². The number of nitrogens with zero attached hydrogens (tertiary/aromatic N) is 3. The van der Waals surface area contributed by atoms with Gasteiger partial charge in [0.15, 0.2) is 0 Å². The topological polar surface area (TPSA) is 219 Å². The number of nitrogens with two attached hydrogens (primary N) is 2. The van der Waals surface area contributed by atoms with Crippen molar-refractivity contribution < 1.29 is 198 Å². The van der Waals surface area contributed by atoms with Gasteiger partial charge in [0.25, 0.3) is 6.02 Å². The first kappa shape index (κ1) is 120. The summed E-state index contributed by atoms with van der Waals surface area (Å²) in [6.45, 7) is 50.5. The third-order valence-corrected chi connectivity index (χ3v) is 8.20. The monoisotopic (exact) mass is 1700 g/mol. The standard InChI is InChI=1S/C14H27NO4.C12H23NO4.C7H14N2O2.C6H15NO2.C3H8.4C2H6.4CH4.2HI.V.4Y/c1-7-17-9-8-11-10-18-14(5,6)15(11)12(16)19-13(2,3)4;1-11(2,3)17-10(15)13-9(6-7-14)8-16-12(13,4)5;1-2-10-4-3-6-5-11-7(8)9-6;1-2-9-4-3-6(7)5-8;1-3-2;4*1-2;;;;;;;;;;;/h11H,7-10H2,1-6H3;9,14H,6-8H2,1-5H3;6H,2-5H2,1H3,(H2,8,9);6,8H,2-5,7H2,1H3;3H2,1-2H3;4*1-2H3;4*1H4;2*1H;;;;;/q;;;;;;;;;;;;;;;+2;;;;/p-2/t11-;9-;2*6-;;;;;;;;;;;;;;;;/m0000................/s1. The zero-order valence-corrected chi connectivity index (χ0v) is 68.2. The number of rotatable bonds is 15. The predicted molar refractivity (Wildman–Crippen MR) is 332 cm³/mol. The van der Waals surface area contributed by atoms with Crippen molar-refractivity contribution in [1.29, 1.82) is 0 Å². The van der Waals surface area contributed by atoms with Crippen molar-refractivity contribution in [2.24, 2.45) is 16.5 Å². The van der Waals surface area contributed by atoms with Gasteiger partial charge in [0.05, 0.1) is 37.9 Å². The van der Waals surface area contributed by atoms with Crippen LogP contribution in [-0.2, 0) is 178 Å². The van der Waals surface area contributed by atoms with E-state index in [2.05, 4.69) is 58.8 Å². The normalized spacial score (nSPS) is 16.3. The molecule has 0 aliphatic carbocycles. The van der Waals surface area contributed by atoms with E-state index >= 15 is 0 Å². The maximum atomic E-state index is 12.3. The van der Waals surface area contributed by atoms with Crippen LogP contribution < -0.4 is 11.5 Å². The van der Waals surface area contributed by atoms with Gasteiger partial charge in [-0.1, -0.05) is 105 Å². The molecular weight excluding hydrogens is 1570 g/mol. The second-order valence-electron chi connectivity index (χ2n) is 17.1. The number of ether oxygens (including phenoxy) is 8. The molecule has 3 aliphatic heterocycles. The molecule has 2 fully saturated rings. The maximum absolute atomic E-state index is 12.3. The van der Waals surface area contributed by atoms with Crippen LogP contribution >= 0.6 is 40.0 Å². The zero-order valence-electron chi connectivity index (χ0n) is 51.1. The number of aliphatic hydroxyl groups is 2. The van der Waals surface area contributed by atoms with Crippen LogP contribution in [0.15, 0.2) is 4.99 Å². The van der Waals surface area contributed by atoms with Crippen LogP contribution in [0.3, 0.4) is 0 Å². The van der Waals surface area contributed by atoms with Crippen LogP contribution in [0, 0.1) is 0 Å². The number of hydrogen-bond donors (Lipinski definition) is 4. The number of carbonyl (C=O) groups excluding carboxylic acids is 2. The molecule has 78 heavy (non-hydrogen) atoms. The average molecular weight is 1700 g/mol. The van der Waals surface area contributed by atoms with Gasteiger partial charge in [-0.2, -0.15) is 0 Å². The summed E-state index contributed by atoms with van der Waals surface area (Å²) in [5.74, 6) is 0. The van der Waals surface area contributed by atoms with Crippen molar-refractivity contribution in [3.8, 4) is 0 Å². The molecule has 3 aliphatic rings. The Morgan fingerprint density at radius 1 is 0.654 bits per heavy atom. The summed E-state index contributed by atoms with van der Waals surface area (Å²) < 4.78 is 42.6. The van der Waals surface area contributed by atoms with E-state index in [1.807, 2.05) is 145 Å². The van der Waals surface area contributed by atoms with Crippen molar-refractivity contribution in [2.45, 2.75) is 268 Å². The Labute approximate surface area is 614 Å². The average Bonchev–Trinajstić information content (AvgIpc) is 3.96. The van der Waals surface area contributed by atoms with E-state index in [0.29, 0.717) is 61.5 Å². The Morgan fingerprint density at radius 3 is 1.23 bits per heavy atom. The Morgan fingerprint density at radius 2 is 0.962 bits per heavy atom. The summed E-state index contributed by atoms with van der Waals surface area (Å²) in [6, 6.07) is 0.297. The van der Waals surface area contributed by atoms with Gasteiger partial charge in [0, 0.05) is 183 Å². The van der Waals surface area contributed by atoms with Gasteiger partial charge in [-0.25, -0.2) is 14.6 Å². The van der Waals surface area contributed by atoms with Crippen molar-refractivity contribution in [3.63, 3.8) is 0 Å². The SMILES string of the molecule is C.C.C.C.CC.CC.CC.CC.CC(C)(C)OC(=O)N1[C@@H](CCO)COC1(C)C.CCC.CCOCC[C@H](N)CO.CCOCC[C@H]1COC(C)(C)N1C(=O)OC(C)(C)C.CCOCC[C@H]1COC(N)=N1.[I][V][I].[Y].[Y].[Y].[Y]. The molecule has 6 N–H and O–H groups in total. The van der Waals surface area contributed by atoms with Crippen molar-refractivity contribution >= 4 is 58.2 Å². The third-order valence-electron chi connectivity index (χ3n) is 8.20. The number of carbonyl (C=O) groups is 2. The van der Waals surface area contributed by atoms with Gasteiger partial charge >= 0.3 is 61.6 Å². The summed E-state index contributed by atoms with van der Waals surface area (Å²) >= 11 is 4.74. The molecule has 0 saturated carbocycles. The number of halogens is 2. The molecule has 17 nitrogen and oxygen atoms in total. The Hall–Kier alpha value is 3.95. The Kier molecular flexibility index (Phi) is 121. The second kappa shape index (κ2) is 79.0. The Bertz CT molecular complexity index is 1190. The zero-order chi connectivity index (χ0) is 56.6. The van der Waals surface area contributed by atoms with Gasteiger partial charge in [0.2, 0.25) is 0 Å². The summed E-state index contributed by atoms with van der Waals surface area (Å²) in [7, 11) is 0.628. The van der Waals surface area contributed by atoms with E-state index in [1.54, 1.807) is 9.80 Å². The number of amides is 2. The summed E-state index contributed by atoms with van der Waals surface area (Å²) in [5.41, 5.74) is 8.37. The van der Waals surface area contributed by atoms with Gasteiger partial charge in [-0.15, -0.1) is 0 Å². The molecule has 4 atom stereocenters. The molecule has 24 heteroatoms. The molecule has 2 amide bonds. The molecule has 0 aromatic carbocycles. The minimum atomic E-state index is -0.678. The first-order chi connectivity index (χ1) is 32.8. The summed E-state index contributed by atoms with van der Waals surface area (Å²) in [5, 5.41) is 17.4. The quantitative estimate of drug-likeness (QED) is 0.0886. The van der Waals surface area contributed by atoms with Crippen LogP contribution in [0.25, 0.3) is 0 Å². The third kappa shape index (κ3) is 72.4. The predicted octanol–water partition coefficient (Wildman–Crippen LogP) is 14.2. The molecule has 471 valence electrons. The van der Waals surface area contributed by atoms with Gasteiger partial charge in [0.1, 0.15) is 29.3 Å². The molecular formula is C54H127I2N5O12VY4. The van der Waals surface area contributed by atoms with E-state index in [1.165, 1.54) is 6.42 Å². The summed E-state index contributed by atoms with van der Waals surface area (Å²) in [6.07, 6.45) is 3.44.